The maximum Gasteiger partial charge on any atom is 0.309 e. The Kier molecular flexibility index (Phi) is 5.31. The van der Waals surface area contributed by atoms with Gasteiger partial charge in [-0.25, -0.2) is 0 Å². The highest BCUT2D eigenvalue weighted by molar-refractivity contribution is 6.35. The van der Waals surface area contributed by atoms with Gasteiger partial charge in [0.05, 0.1) is 6.04 Å². The van der Waals surface area contributed by atoms with Gasteiger partial charge in [0.25, 0.3) is 0 Å². The largest absolute Gasteiger partial charge is 0.344 e. The smallest absolute Gasteiger partial charge is 0.309 e. The van der Waals surface area contributed by atoms with Crippen molar-refractivity contribution in [2.24, 2.45) is 0 Å². The lowest BCUT2D eigenvalue weighted by molar-refractivity contribution is -0.139. The number of benzene rings is 2. The number of hydrogen-bond donors (Lipinski definition) is 2. The van der Waals surface area contributed by atoms with Crippen LogP contribution in [0.3, 0.4) is 0 Å². The first-order valence-corrected chi connectivity index (χ1v) is 7.26. The van der Waals surface area contributed by atoms with E-state index in [4.69, 9.17) is 0 Å². The van der Waals surface area contributed by atoms with E-state index >= 15 is 0 Å². The third-order valence-electron chi connectivity index (χ3n) is 3.55. The van der Waals surface area contributed by atoms with Crippen molar-refractivity contribution >= 4 is 11.8 Å². The summed E-state index contributed by atoms with van der Waals surface area (Å²) in [6.45, 7) is 4.17. The van der Waals surface area contributed by atoms with Gasteiger partial charge in [0, 0.05) is 6.54 Å². The predicted octanol–water partition coefficient (Wildman–Crippen LogP) is 2.49. The molecule has 1 unspecified atom stereocenters. The third kappa shape index (κ3) is 4.19. The van der Waals surface area contributed by atoms with Gasteiger partial charge < -0.3 is 10.6 Å². The highest BCUT2D eigenvalue weighted by Gasteiger charge is 2.16. The Morgan fingerprint density at radius 2 is 1.59 bits per heavy atom. The molecule has 0 spiro atoms. The first-order chi connectivity index (χ1) is 10.6. The molecule has 2 N–H and O–H groups in total. The van der Waals surface area contributed by atoms with E-state index in [2.05, 4.69) is 10.6 Å². The number of carbonyl (C=O) groups is 2. The molecule has 2 aromatic rings. The van der Waals surface area contributed by atoms with Crippen molar-refractivity contribution in [3.8, 4) is 0 Å². The van der Waals surface area contributed by atoms with E-state index in [1.165, 1.54) is 0 Å². The highest BCUT2D eigenvalue weighted by atomic mass is 16.2. The minimum Gasteiger partial charge on any atom is -0.344 e. The second-order valence-electron chi connectivity index (χ2n) is 5.21. The van der Waals surface area contributed by atoms with Crippen LogP contribution in [0, 0.1) is 6.92 Å². The number of rotatable bonds is 4. The number of aryl methyl sites for hydroxylation is 1. The molecule has 0 aliphatic rings. The zero-order valence-electron chi connectivity index (χ0n) is 12.8. The maximum atomic E-state index is 11.9. The van der Waals surface area contributed by atoms with Crippen LogP contribution in [0.15, 0.2) is 54.6 Å². The second-order valence-corrected chi connectivity index (χ2v) is 5.21. The van der Waals surface area contributed by atoms with E-state index in [-0.39, 0.29) is 6.04 Å². The number of hydrogen-bond acceptors (Lipinski definition) is 2. The maximum absolute atomic E-state index is 11.9. The van der Waals surface area contributed by atoms with E-state index in [9.17, 15) is 9.59 Å². The summed E-state index contributed by atoms with van der Waals surface area (Å²) in [6, 6.07) is 17.1. The van der Waals surface area contributed by atoms with Gasteiger partial charge in [0.15, 0.2) is 0 Å². The number of amides is 2. The average Bonchev–Trinajstić information content (AvgIpc) is 2.54. The molecule has 0 fully saturated rings. The van der Waals surface area contributed by atoms with E-state index in [1.807, 2.05) is 68.4 Å². The summed E-state index contributed by atoms with van der Waals surface area (Å²) in [4.78, 5) is 23.8. The van der Waals surface area contributed by atoms with Crippen LogP contribution in [0.2, 0.25) is 0 Å². The van der Waals surface area contributed by atoms with Gasteiger partial charge in [-0.3, -0.25) is 9.59 Å². The molecule has 114 valence electrons. The molecule has 0 saturated heterocycles. The topological polar surface area (TPSA) is 58.2 Å². The summed E-state index contributed by atoms with van der Waals surface area (Å²) in [5.41, 5.74) is 3.04. The Balaban J connectivity index is 1.87. The molecule has 4 nitrogen and oxygen atoms in total. The Bertz CT molecular complexity index is 653. The number of carbonyl (C=O) groups excluding carboxylic acids is 2. The predicted molar refractivity (Wildman–Crippen MR) is 86.0 cm³/mol. The van der Waals surface area contributed by atoms with Gasteiger partial charge >= 0.3 is 11.8 Å². The SMILES string of the molecule is Cc1ccccc1CNC(=O)C(=O)NC(C)c1ccccc1. The summed E-state index contributed by atoms with van der Waals surface area (Å²) in [6.07, 6.45) is 0. The van der Waals surface area contributed by atoms with Gasteiger partial charge in [-0.05, 0) is 30.5 Å². The molecule has 0 heterocycles. The summed E-state index contributed by atoms with van der Waals surface area (Å²) < 4.78 is 0. The summed E-state index contributed by atoms with van der Waals surface area (Å²) >= 11 is 0. The van der Waals surface area contributed by atoms with E-state index in [0.717, 1.165) is 16.7 Å². The Morgan fingerprint density at radius 3 is 2.27 bits per heavy atom. The van der Waals surface area contributed by atoms with Gasteiger partial charge in [-0.1, -0.05) is 54.6 Å². The Morgan fingerprint density at radius 1 is 0.955 bits per heavy atom. The van der Waals surface area contributed by atoms with E-state index in [1.54, 1.807) is 0 Å². The molecule has 0 radical (unpaired) electrons. The van der Waals surface area contributed by atoms with Gasteiger partial charge in [-0.2, -0.15) is 0 Å². The molecular formula is C18H20N2O2. The average molecular weight is 296 g/mol. The molecule has 2 rings (SSSR count). The van der Waals surface area contributed by atoms with Crippen molar-refractivity contribution in [1.82, 2.24) is 10.6 Å². The molecular weight excluding hydrogens is 276 g/mol. The molecule has 0 bridgehead atoms. The van der Waals surface area contributed by atoms with Crippen LogP contribution in [0.5, 0.6) is 0 Å². The van der Waals surface area contributed by atoms with Crippen LogP contribution in [0.4, 0.5) is 0 Å². The number of nitrogens with one attached hydrogen (secondary N) is 2. The molecule has 22 heavy (non-hydrogen) atoms. The van der Waals surface area contributed by atoms with Crippen molar-refractivity contribution in [2.75, 3.05) is 0 Å². The quantitative estimate of drug-likeness (QED) is 0.852. The van der Waals surface area contributed by atoms with Crippen molar-refractivity contribution < 1.29 is 9.59 Å². The molecule has 2 aromatic carbocycles. The molecule has 1 atom stereocenters. The second kappa shape index (κ2) is 7.41. The fourth-order valence-corrected chi connectivity index (χ4v) is 2.15. The van der Waals surface area contributed by atoms with Crippen molar-refractivity contribution in [1.29, 1.82) is 0 Å². The standard InChI is InChI=1S/C18H20N2O2/c1-13-8-6-7-11-16(13)12-19-17(21)18(22)20-14(2)15-9-4-3-5-10-15/h3-11,14H,12H2,1-2H3,(H,19,21)(H,20,22). The van der Waals surface area contributed by atoms with Gasteiger partial charge in [-0.15, -0.1) is 0 Å². The van der Waals surface area contributed by atoms with Crippen LogP contribution in [-0.4, -0.2) is 11.8 Å². The molecule has 0 aliphatic heterocycles. The van der Waals surface area contributed by atoms with Crippen LogP contribution in [-0.2, 0) is 16.1 Å². The van der Waals surface area contributed by atoms with Gasteiger partial charge in [0.1, 0.15) is 0 Å². The minimum atomic E-state index is -0.620. The van der Waals surface area contributed by atoms with Crippen LogP contribution < -0.4 is 10.6 Å². The lowest BCUT2D eigenvalue weighted by Gasteiger charge is -2.14. The first-order valence-electron chi connectivity index (χ1n) is 7.26. The van der Waals surface area contributed by atoms with E-state index in [0.29, 0.717) is 6.54 Å². The molecule has 2 amide bonds. The summed E-state index contributed by atoms with van der Waals surface area (Å²) in [5.74, 6) is -1.24. The Hall–Kier alpha value is -2.62. The van der Waals surface area contributed by atoms with Crippen molar-refractivity contribution in [2.45, 2.75) is 26.4 Å². The lowest BCUT2D eigenvalue weighted by Crippen LogP contribution is -2.40. The zero-order valence-corrected chi connectivity index (χ0v) is 12.8. The fraction of sp³-hybridized carbons (Fsp3) is 0.222. The van der Waals surface area contributed by atoms with Crippen molar-refractivity contribution in [3.05, 3.63) is 71.3 Å². The minimum absolute atomic E-state index is 0.210. The molecule has 4 heteroatoms. The molecule has 0 aromatic heterocycles. The third-order valence-corrected chi connectivity index (χ3v) is 3.55. The van der Waals surface area contributed by atoms with Crippen molar-refractivity contribution in [3.63, 3.8) is 0 Å². The van der Waals surface area contributed by atoms with Crippen LogP contribution in [0.1, 0.15) is 29.7 Å². The summed E-state index contributed by atoms with van der Waals surface area (Å²) in [5, 5.41) is 5.34. The molecule has 0 saturated carbocycles. The normalized spacial score (nSPS) is 11.5. The monoisotopic (exact) mass is 296 g/mol. The molecule has 0 aliphatic carbocycles. The fourth-order valence-electron chi connectivity index (χ4n) is 2.15. The summed E-state index contributed by atoms with van der Waals surface area (Å²) in [7, 11) is 0. The first kappa shape index (κ1) is 15.8. The van der Waals surface area contributed by atoms with Crippen LogP contribution >= 0.6 is 0 Å². The highest BCUT2D eigenvalue weighted by Crippen LogP contribution is 2.10. The Labute approximate surface area is 130 Å². The van der Waals surface area contributed by atoms with Crippen LogP contribution in [0.25, 0.3) is 0 Å². The van der Waals surface area contributed by atoms with Gasteiger partial charge in [0.2, 0.25) is 0 Å². The van der Waals surface area contributed by atoms with E-state index < -0.39 is 11.8 Å². The zero-order chi connectivity index (χ0) is 15.9. The lowest BCUT2D eigenvalue weighted by atomic mass is 10.1.